The monoisotopic (exact) mass is 488 g/mol. The molecule has 0 saturated carbocycles. The van der Waals surface area contributed by atoms with Crippen molar-refractivity contribution in [2.75, 3.05) is 13.7 Å². The summed E-state index contributed by atoms with van der Waals surface area (Å²) in [5.74, 6) is 0.0495. The number of methoxy groups -OCH3 is 1. The molecule has 3 nitrogen and oxygen atoms in total. The van der Waals surface area contributed by atoms with Gasteiger partial charge in [-0.1, -0.05) is 82.2 Å². The molecule has 0 amide bonds. The number of halogens is 3. The maximum atomic E-state index is 13.3. The van der Waals surface area contributed by atoms with E-state index in [1.807, 2.05) is 24.3 Å². The van der Waals surface area contributed by atoms with Crippen molar-refractivity contribution >= 4 is 17.6 Å². The number of benzene rings is 2. The maximum Gasteiger partial charge on any atom is 0.416 e. The van der Waals surface area contributed by atoms with Crippen LogP contribution in [-0.2, 0) is 15.7 Å². The van der Waals surface area contributed by atoms with E-state index in [0.717, 1.165) is 25.0 Å². The number of carbonyl (C=O) groups excluding carboxylic acids is 1. The minimum atomic E-state index is -4.47. The van der Waals surface area contributed by atoms with Gasteiger partial charge in [0.2, 0.25) is 0 Å². The molecular formula is C29H35F3O3. The Morgan fingerprint density at radius 2 is 1.57 bits per heavy atom. The van der Waals surface area contributed by atoms with E-state index >= 15 is 0 Å². The third kappa shape index (κ3) is 10.4. The summed E-state index contributed by atoms with van der Waals surface area (Å²) in [6.45, 7) is 2.78. The van der Waals surface area contributed by atoms with Crippen molar-refractivity contribution in [2.45, 2.75) is 64.5 Å². The van der Waals surface area contributed by atoms with E-state index in [4.69, 9.17) is 4.74 Å². The second kappa shape index (κ2) is 15.1. The SMILES string of the molecule is CCCCCCCCCCOc1ccccc1C=C(C=CC(=O)OC)c1cccc(C(F)(F)F)c1. The Hall–Kier alpha value is -3.02. The average molecular weight is 489 g/mol. The van der Waals surface area contributed by atoms with E-state index < -0.39 is 17.7 Å². The van der Waals surface area contributed by atoms with Gasteiger partial charge in [-0.05, 0) is 47.9 Å². The maximum absolute atomic E-state index is 13.3. The van der Waals surface area contributed by atoms with Gasteiger partial charge in [0.1, 0.15) is 5.75 Å². The molecule has 0 radical (unpaired) electrons. The molecule has 2 aromatic carbocycles. The van der Waals surface area contributed by atoms with Gasteiger partial charge in [-0.2, -0.15) is 13.2 Å². The van der Waals surface area contributed by atoms with Crippen LogP contribution < -0.4 is 4.74 Å². The molecule has 0 aliphatic carbocycles. The fourth-order valence-corrected chi connectivity index (χ4v) is 3.65. The molecule has 0 saturated heterocycles. The molecule has 0 heterocycles. The molecule has 2 rings (SSSR count). The number of alkyl halides is 3. The first-order chi connectivity index (χ1) is 16.8. The normalized spacial score (nSPS) is 12.2. The predicted octanol–water partition coefficient (Wildman–Crippen LogP) is 8.49. The lowest BCUT2D eigenvalue weighted by molar-refractivity contribution is -0.137. The Bertz CT molecular complexity index is 977. The van der Waals surface area contributed by atoms with E-state index in [9.17, 15) is 18.0 Å². The van der Waals surface area contributed by atoms with Crippen LogP contribution >= 0.6 is 0 Å². The third-order valence-electron chi connectivity index (χ3n) is 5.61. The standard InChI is InChI=1S/C29H35F3O3/c1-3-4-5-6-7-8-9-12-20-35-27-17-11-10-14-25(27)21-24(18-19-28(33)34-2)23-15-13-16-26(22-23)29(30,31)32/h10-11,13-19,21-22H,3-9,12,20H2,1-2H3. The molecule has 190 valence electrons. The highest BCUT2D eigenvalue weighted by molar-refractivity contribution is 5.93. The minimum Gasteiger partial charge on any atom is -0.493 e. The number of hydrogen-bond donors (Lipinski definition) is 0. The van der Waals surface area contributed by atoms with Crippen LogP contribution in [0.4, 0.5) is 13.2 Å². The van der Waals surface area contributed by atoms with Crippen LogP contribution in [0.25, 0.3) is 11.6 Å². The van der Waals surface area contributed by atoms with Crippen molar-refractivity contribution < 1.29 is 27.4 Å². The molecule has 35 heavy (non-hydrogen) atoms. The minimum absolute atomic E-state index is 0.331. The summed E-state index contributed by atoms with van der Waals surface area (Å²) >= 11 is 0. The Balaban J connectivity index is 2.16. The van der Waals surface area contributed by atoms with Gasteiger partial charge >= 0.3 is 12.1 Å². The lowest BCUT2D eigenvalue weighted by Gasteiger charge is -2.12. The molecule has 0 spiro atoms. The van der Waals surface area contributed by atoms with Gasteiger partial charge in [0.05, 0.1) is 19.3 Å². The average Bonchev–Trinajstić information content (AvgIpc) is 2.85. The first-order valence-electron chi connectivity index (χ1n) is 12.2. The van der Waals surface area contributed by atoms with Crippen LogP contribution in [0.15, 0.2) is 60.7 Å². The largest absolute Gasteiger partial charge is 0.493 e. The third-order valence-corrected chi connectivity index (χ3v) is 5.61. The lowest BCUT2D eigenvalue weighted by atomic mass is 9.99. The summed E-state index contributed by atoms with van der Waals surface area (Å²) in [4.78, 5) is 11.7. The van der Waals surface area contributed by atoms with Gasteiger partial charge in [0, 0.05) is 11.6 Å². The van der Waals surface area contributed by atoms with Gasteiger partial charge in [0.15, 0.2) is 0 Å². The van der Waals surface area contributed by atoms with Crippen LogP contribution in [0.1, 0.15) is 75.0 Å². The van der Waals surface area contributed by atoms with Crippen LogP contribution in [0.5, 0.6) is 5.75 Å². The smallest absolute Gasteiger partial charge is 0.416 e. The van der Waals surface area contributed by atoms with E-state index in [1.165, 1.54) is 63.9 Å². The lowest BCUT2D eigenvalue weighted by Crippen LogP contribution is -2.05. The first-order valence-corrected chi connectivity index (χ1v) is 12.2. The van der Waals surface area contributed by atoms with E-state index in [2.05, 4.69) is 11.7 Å². The Kier molecular flexibility index (Phi) is 12.2. The number of allylic oxidation sites excluding steroid dienone is 2. The zero-order chi connectivity index (χ0) is 25.5. The van der Waals surface area contributed by atoms with Gasteiger partial charge in [0.25, 0.3) is 0 Å². The van der Waals surface area contributed by atoms with Gasteiger partial charge in [-0.15, -0.1) is 0 Å². The first kappa shape index (κ1) is 28.2. The fourth-order valence-electron chi connectivity index (χ4n) is 3.65. The van der Waals surface area contributed by atoms with Crippen LogP contribution in [0.2, 0.25) is 0 Å². The van der Waals surface area contributed by atoms with Crippen molar-refractivity contribution in [1.82, 2.24) is 0 Å². The predicted molar refractivity (Wildman–Crippen MR) is 135 cm³/mol. The molecule has 0 aromatic heterocycles. The van der Waals surface area contributed by atoms with Crippen molar-refractivity contribution in [3.8, 4) is 5.75 Å². The zero-order valence-electron chi connectivity index (χ0n) is 20.6. The van der Waals surface area contributed by atoms with Crippen LogP contribution in [0.3, 0.4) is 0 Å². The van der Waals surface area contributed by atoms with Gasteiger partial charge in [-0.3, -0.25) is 0 Å². The summed E-state index contributed by atoms with van der Waals surface area (Å²) in [6, 6.07) is 12.4. The molecule has 0 fully saturated rings. The van der Waals surface area contributed by atoms with Crippen molar-refractivity contribution in [3.05, 3.63) is 77.4 Å². The van der Waals surface area contributed by atoms with E-state index in [-0.39, 0.29) is 0 Å². The quantitative estimate of drug-likeness (QED) is 0.0879. The fraction of sp³-hybridized carbons (Fsp3) is 0.414. The number of rotatable bonds is 14. The number of carbonyl (C=O) groups is 1. The molecule has 0 atom stereocenters. The number of hydrogen-bond acceptors (Lipinski definition) is 3. The Labute approximate surface area is 206 Å². The molecule has 6 heteroatoms. The summed E-state index contributed by atoms with van der Waals surface area (Å²) < 4.78 is 50.4. The summed E-state index contributed by atoms with van der Waals surface area (Å²) in [6.07, 6.45) is 9.48. The summed E-state index contributed by atoms with van der Waals surface area (Å²) in [5.41, 5.74) is 0.725. The van der Waals surface area contributed by atoms with E-state index in [1.54, 1.807) is 12.1 Å². The van der Waals surface area contributed by atoms with Crippen LogP contribution in [-0.4, -0.2) is 19.7 Å². The van der Waals surface area contributed by atoms with Crippen LogP contribution in [0, 0.1) is 0 Å². The zero-order valence-corrected chi connectivity index (χ0v) is 20.6. The molecule has 0 N–H and O–H groups in total. The van der Waals surface area contributed by atoms with Crippen molar-refractivity contribution in [2.24, 2.45) is 0 Å². The Morgan fingerprint density at radius 1 is 0.886 bits per heavy atom. The summed E-state index contributed by atoms with van der Waals surface area (Å²) in [7, 11) is 1.24. The van der Waals surface area contributed by atoms with Gasteiger partial charge < -0.3 is 9.47 Å². The van der Waals surface area contributed by atoms with Gasteiger partial charge in [-0.25, -0.2) is 4.79 Å². The molecular weight excluding hydrogens is 453 g/mol. The highest BCUT2D eigenvalue weighted by Gasteiger charge is 2.30. The molecule has 0 bridgehead atoms. The second-order valence-corrected chi connectivity index (χ2v) is 8.40. The second-order valence-electron chi connectivity index (χ2n) is 8.40. The number of ether oxygens (including phenoxy) is 2. The highest BCUT2D eigenvalue weighted by atomic mass is 19.4. The molecule has 0 unspecified atom stereocenters. The number of para-hydroxylation sites is 1. The molecule has 0 aliphatic heterocycles. The highest BCUT2D eigenvalue weighted by Crippen LogP contribution is 2.32. The summed E-state index contributed by atoms with van der Waals surface area (Å²) in [5, 5.41) is 0. The topological polar surface area (TPSA) is 35.5 Å². The van der Waals surface area contributed by atoms with Crippen molar-refractivity contribution in [1.29, 1.82) is 0 Å². The molecule has 2 aromatic rings. The number of esters is 1. The molecule has 0 aliphatic rings. The van der Waals surface area contributed by atoms with E-state index in [0.29, 0.717) is 29.1 Å². The van der Waals surface area contributed by atoms with Crippen molar-refractivity contribution in [3.63, 3.8) is 0 Å². The Morgan fingerprint density at radius 3 is 2.26 bits per heavy atom. The number of unbranched alkanes of at least 4 members (excludes halogenated alkanes) is 7.